The van der Waals surface area contributed by atoms with Crippen molar-refractivity contribution >= 4 is 11.9 Å². The summed E-state index contributed by atoms with van der Waals surface area (Å²) in [5.41, 5.74) is 0.769. The molecule has 0 atom stereocenters. The molecule has 1 rings (SSSR count). The summed E-state index contributed by atoms with van der Waals surface area (Å²) < 4.78 is 1.47. The highest BCUT2D eigenvalue weighted by Crippen LogP contribution is 2.13. The number of carbonyl (C=O) groups is 2. The van der Waals surface area contributed by atoms with Crippen LogP contribution < -0.4 is 0 Å². The predicted molar refractivity (Wildman–Crippen MR) is 53.0 cm³/mol. The maximum absolute atomic E-state index is 10.8. The average molecular weight is 211 g/mol. The molecule has 0 aliphatic rings. The molecule has 15 heavy (non-hydrogen) atoms. The van der Waals surface area contributed by atoms with Gasteiger partial charge in [0.05, 0.1) is 5.56 Å². The molecule has 1 heterocycles. The molecule has 0 bridgehead atoms. The lowest BCUT2D eigenvalue weighted by atomic mass is 10.1. The summed E-state index contributed by atoms with van der Waals surface area (Å²) in [6.45, 7) is 1.73. The summed E-state index contributed by atoms with van der Waals surface area (Å²) in [6, 6.07) is 1.44. The summed E-state index contributed by atoms with van der Waals surface area (Å²) in [7, 11) is 0. The molecule has 1 aromatic rings. The Labute approximate surface area is 87.0 Å². The summed E-state index contributed by atoms with van der Waals surface area (Å²) in [5, 5.41) is 17.5. The van der Waals surface area contributed by atoms with E-state index >= 15 is 0 Å². The van der Waals surface area contributed by atoms with Crippen LogP contribution in [0.1, 0.15) is 29.4 Å². The topological polar surface area (TPSA) is 79.5 Å². The quantitative estimate of drug-likeness (QED) is 0.767. The third-order valence-electron chi connectivity index (χ3n) is 2.10. The second kappa shape index (κ2) is 4.63. The molecular formula is C10H13NO4. The standard InChI is InChI=1S/C10H13NO4/c1-2-3-8-7(10(14)15)4-5-11(8)6-9(12)13/h4-5H,2-3,6H2,1H3,(H,12,13)(H,14,15). The van der Waals surface area contributed by atoms with Gasteiger partial charge in [-0.1, -0.05) is 13.3 Å². The molecule has 5 heteroatoms. The van der Waals surface area contributed by atoms with Crippen molar-refractivity contribution in [3.63, 3.8) is 0 Å². The van der Waals surface area contributed by atoms with Crippen LogP contribution in [0.4, 0.5) is 0 Å². The van der Waals surface area contributed by atoms with E-state index < -0.39 is 11.9 Å². The van der Waals surface area contributed by atoms with Gasteiger partial charge in [-0.2, -0.15) is 0 Å². The molecule has 2 N–H and O–H groups in total. The van der Waals surface area contributed by atoms with Gasteiger partial charge in [-0.3, -0.25) is 4.79 Å². The van der Waals surface area contributed by atoms with Gasteiger partial charge in [0.15, 0.2) is 0 Å². The van der Waals surface area contributed by atoms with E-state index in [1.807, 2.05) is 6.92 Å². The Balaban J connectivity index is 3.05. The fraction of sp³-hybridized carbons (Fsp3) is 0.400. The summed E-state index contributed by atoms with van der Waals surface area (Å²) in [6.07, 6.45) is 2.86. The predicted octanol–water partition coefficient (Wildman–Crippen LogP) is 1.22. The highest BCUT2D eigenvalue weighted by atomic mass is 16.4. The van der Waals surface area contributed by atoms with E-state index in [0.29, 0.717) is 12.1 Å². The van der Waals surface area contributed by atoms with E-state index in [4.69, 9.17) is 10.2 Å². The number of aromatic carboxylic acids is 1. The highest BCUT2D eigenvalue weighted by Gasteiger charge is 2.15. The first-order valence-corrected chi connectivity index (χ1v) is 4.69. The number of hydrogen-bond donors (Lipinski definition) is 2. The van der Waals surface area contributed by atoms with Crippen LogP contribution in [0.2, 0.25) is 0 Å². The van der Waals surface area contributed by atoms with Crippen molar-refractivity contribution in [3.05, 3.63) is 23.5 Å². The lowest BCUT2D eigenvalue weighted by molar-refractivity contribution is -0.137. The van der Waals surface area contributed by atoms with Crippen LogP contribution in [-0.2, 0) is 17.8 Å². The molecule has 5 nitrogen and oxygen atoms in total. The van der Waals surface area contributed by atoms with Crippen molar-refractivity contribution in [3.8, 4) is 0 Å². The monoisotopic (exact) mass is 211 g/mol. The van der Waals surface area contributed by atoms with Gasteiger partial charge in [-0.15, -0.1) is 0 Å². The molecular weight excluding hydrogens is 198 g/mol. The smallest absolute Gasteiger partial charge is 0.337 e. The highest BCUT2D eigenvalue weighted by molar-refractivity contribution is 5.89. The van der Waals surface area contributed by atoms with Crippen molar-refractivity contribution in [2.24, 2.45) is 0 Å². The molecule has 0 radical (unpaired) electrons. The number of carboxylic acid groups (broad SMARTS) is 2. The molecule has 0 saturated heterocycles. The molecule has 0 unspecified atom stereocenters. The van der Waals surface area contributed by atoms with Crippen LogP contribution >= 0.6 is 0 Å². The molecule has 0 aliphatic carbocycles. The van der Waals surface area contributed by atoms with Gasteiger partial charge in [0, 0.05) is 11.9 Å². The lowest BCUT2D eigenvalue weighted by Gasteiger charge is -2.06. The summed E-state index contributed by atoms with van der Waals surface area (Å²) in [5.74, 6) is -1.98. The van der Waals surface area contributed by atoms with Crippen LogP contribution in [0, 0.1) is 0 Å². The lowest BCUT2D eigenvalue weighted by Crippen LogP contribution is -2.12. The van der Waals surface area contributed by atoms with E-state index in [9.17, 15) is 9.59 Å². The fourth-order valence-corrected chi connectivity index (χ4v) is 1.51. The minimum atomic E-state index is -1.01. The normalized spacial score (nSPS) is 10.2. The van der Waals surface area contributed by atoms with Gasteiger partial charge < -0.3 is 14.8 Å². The van der Waals surface area contributed by atoms with Gasteiger partial charge in [0.25, 0.3) is 0 Å². The molecule has 0 saturated carbocycles. The largest absolute Gasteiger partial charge is 0.480 e. The van der Waals surface area contributed by atoms with Crippen molar-refractivity contribution < 1.29 is 19.8 Å². The zero-order valence-corrected chi connectivity index (χ0v) is 8.43. The summed E-state index contributed by atoms with van der Waals surface area (Å²) >= 11 is 0. The second-order valence-corrected chi connectivity index (χ2v) is 3.25. The van der Waals surface area contributed by atoms with Gasteiger partial charge in [0.1, 0.15) is 6.54 Å². The Hall–Kier alpha value is -1.78. The molecule has 0 fully saturated rings. The van der Waals surface area contributed by atoms with E-state index in [0.717, 1.165) is 6.42 Å². The van der Waals surface area contributed by atoms with Crippen LogP contribution in [0.3, 0.4) is 0 Å². The Morgan fingerprint density at radius 1 is 1.40 bits per heavy atom. The van der Waals surface area contributed by atoms with Gasteiger partial charge in [-0.05, 0) is 12.5 Å². The van der Waals surface area contributed by atoms with Crippen molar-refractivity contribution in [1.29, 1.82) is 0 Å². The Morgan fingerprint density at radius 2 is 2.07 bits per heavy atom. The average Bonchev–Trinajstić information content (AvgIpc) is 2.48. The number of nitrogens with zero attached hydrogens (tertiary/aromatic N) is 1. The zero-order valence-electron chi connectivity index (χ0n) is 8.43. The zero-order chi connectivity index (χ0) is 11.4. The molecule has 0 spiro atoms. The number of rotatable bonds is 5. The molecule has 82 valence electrons. The molecule has 0 amide bonds. The SMILES string of the molecule is CCCc1c(C(=O)O)ccn1CC(=O)O. The van der Waals surface area contributed by atoms with Crippen LogP contribution in [0.5, 0.6) is 0 Å². The Bertz CT molecular complexity index is 381. The van der Waals surface area contributed by atoms with Gasteiger partial charge in [-0.25, -0.2) is 4.79 Å². The third kappa shape index (κ3) is 2.59. The first-order chi connectivity index (χ1) is 7.06. The van der Waals surface area contributed by atoms with Crippen LogP contribution in [0.15, 0.2) is 12.3 Å². The van der Waals surface area contributed by atoms with Crippen molar-refractivity contribution in [1.82, 2.24) is 4.57 Å². The maximum Gasteiger partial charge on any atom is 0.337 e. The van der Waals surface area contributed by atoms with E-state index in [-0.39, 0.29) is 12.1 Å². The van der Waals surface area contributed by atoms with Crippen LogP contribution in [0.25, 0.3) is 0 Å². The second-order valence-electron chi connectivity index (χ2n) is 3.25. The fourth-order valence-electron chi connectivity index (χ4n) is 1.51. The minimum Gasteiger partial charge on any atom is -0.480 e. The van der Waals surface area contributed by atoms with Crippen molar-refractivity contribution in [2.45, 2.75) is 26.3 Å². The minimum absolute atomic E-state index is 0.192. The van der Waals surface area contributed by atoms with E-state index in [1.54, 1.807) is 0 Å². The maximum atomic E-state index is 10.8. The van der Waals surface area contributed by atoms with E-state index in [1.165, 1.54) is 16.8 Å². The number of hydrogen-bond acceptors (Lipinski definition) is 2. The first-order valence-electron chi connectivity index (χ1n) is 4.69. The first kappa shape index (κ1) is 11.3. The number of carboxylic acids is 2. The molecule has 0 aromatic carbocycles. The number of aliphatic carboxylic acids is 1. The number of aromatic nitrogens is 1. The van der Waals surface area contributed by atoms with Crippen molar-refractivity contribution in [2.75, 3.05) is 0 Å². The third-order valence-corrected chi connectivity index (χ3v) is 2.10. The van der Waals surface area contributed by atoms with Gasteiger partial charge in [0.2, 0.25) is 0 Å². The van der Waals surface area contributed by atoms with E-state index in [2.05, 4.69) is 0 Å². The Kier molecular flexibility index (Phi) is 3.49. The summed E-state index contributed by atoms with van der Waals surface area (Å²) in [4.78, 5) is 21.4. The Morgan fingerprint density at radius 3 is 2.53 bits per heavy atom. The van der Waals surface area contributed by atoms with Gasteiger partial charge >= 0.3 is 11.9 Å². The molecule has 0 aliphatic heterocycles. The molecule has 1 aromatic heterocycles. The van der Waals surface area contributed by atoms with Crippen LogP contribution in [-0.4, -0.2) is 26.7 Å².